The first-order chi connectivity index (χ1) is 14.4. The van der Waals surface area contributed by atoms with E-state index in [1.807, 2.05) is 31.2 Å². The zero-order chi connectivity index (χ0) is 21.8. The van der Waals surface area contributed by atoms with E-state index in [9.17, 15) is 9.59 Å². The molecule has 1 aliphatic carbocycles. The normalized spacial score (nSPS) is 22.8. The first-order valence-corrected chi connectivity index (χ1v) is 10.9. The Kier molecular flexibility index (Phi) is 7.19. The highest BCUT2D eigenvalue weighted by Crippen LogP contribution is 2.37. The molecule has 0 bridgehead atoms. The van der Waals surface area contributed by atoms with Crippen molar-refractivity contribution in [3.05, 3.63) is 36.0 Å². The van der Waals surface area contributed by atoms with Crippen molar-refractivity contribution in [3.63, 3.8) is 0 Å². The van der Waals surface area contributed by atoms with E-state index in [4.69, 9.17) is 14.2 Å². The van der Waals surface area contributed by atoms with Crippen LogP contribution in [0.1, 0.15) is 58.6 Å². The summed E-state index contributed by atoms with van der Waals surface area (Å²) in [5.74, 6) is 0.935. The first-order valence-electron chi connectivity index (χ1n) is 10.9. The lowest BCUT2D eigenvalue weighted by Gasteiger charge is -2.37. The zero-order valence-electron chi connectivity index (χ0n) is 18.6. The van der Waals surface area contributed by atoms with E-state index in [1.54, 1.807) is 6.20 Å². The van der Waals surface area contributed by atoms with Crippen molar-refractivity contribution in [3.8, 4) is 0 Å². The number of hydrogen-bond acceptors (Lipinski definition) is 5. The molecule has 3 rings (SSSR count). The SMILES string of the molecule is CCO[C@@H](C(=O)O[C@@H]1C[C@H](C)CC[C@H]1C(C)C)c1cn(C(=O)OC)c2ccccc12. The average Bonchev–Trinajstić information content (AvgIpc) is 3.10. The highest BCUT2D eigenvalue weighted by atomic mass is 16.6. The molecule has 1 aliphatic rings. The molecule has 0 N–H and O–H groups in total. The summed E-state index contributed by atoms with van der Waals surface area (Å²) in [6.45, 7) is 8.78. The van der Waals surface area contributed by atoms with Crippen LogP contribution >= 0.6 is 0 Å². The third kappa shape index (κ3) is 4.53. The van der Waals surface area contributed by atoms with Gasteiger partial charge in [-0.15, -0.1) is 0 Å². The molecular formula is C24H33NO5. The molecule has 0 spiro atoms. The molecule has 2 aromatic rings. The lowest BCUT2D eigenvalue weighted by molar-refractivity contribution is -0.169. The minimum atomic E-state index is -0.893. The number of carbonyl (C=O) groups is 2. The molecule has 1 aromatic heterocycles. The smallest absolute Gasteiger partial charge is 0.418 e. The van der Waals surface area contributed by atoms with Crippen molar-refractivity contribution >= 4 is 23.0 Å². The van der Waals surface area contributed by atoms with Crippen LogP contribution in [0.2, 0.25) is 0 Å². The van der Waals surface area contributed by atoms with Gasteiger partial charge in [-0.25, -0.2) is 9.59 Å². The van der Waals surface area contributed by atoms with E-state index < -0.39 is 18.2 Å². The van der Waals surface area contributed by atoms with E-state index in [0.29, 0.717) is 35.4 Å². The summed E-state index contributed by atoms with van der Waals surface area (Å²) in [5, 5.41) is 0.774. The number of ether oxygens (including phenoxy) is 3. The van der Waals surface area contributed by atoms with Crippen molar-refractivity contribution in [2.75, 3.05) is 13.7 Å². The fourth-order valence-electron chi connectivity index (χ4n) is 4.58. The molecule has 0 radical (unpaired) electrons. The quantitative estimate of drug-likeness (QED) is 0.596. The molecule has 4 atom stereocenters. The second-order valence-electron chi connectivity index (χ2n) is 8.58. The zero-order valence-corrected chi connectivity index (χ0v) is 18.6. The van der Waals surface area contributed by atoms with Crippen LogP contribution in [0.3, 0.4) is 0 Å². The lowest BCUT2D eigenvalue weighted by Crippen LogP contribution is -2.37. The van der Waals surface area contributed by atoms with E-state index in [0.717, 1.165) is 18.2 Å². The molecular weight excluding hydrogens is 382 g/mol. The summed E-state index contributed by atoms with van der Waals surface area (Å²) < 4.78 is 18.2. The molecule has 164 valence electrons. The fraction of sp³-hybridized carbons (Fsp3) is 0.583. The molecule has 0 unspecified atom stereocenters. The van der Waals surface area contributed by atoms with Gasteiger partial charge in [-0.3, -0.25) is 4.57 Å². The van der Waals surface area contributed by atoms with Crippen molar-refractivity contribution in [1.82, 2.24) is 4.57 Å². The average molecular weight is 416 g/mol. The molecule has 0 amide bonds. The number of carbonyl (C=O) groups excluding carboxylic acids is 2. The first kappa shape index (κ1) is 22.3. The summed E-state index contributed by atoms with van der Waals surface area (Å²) >= 11 is 0. The highest BCUT2D eigenvalue weighted by molar-refractivity contribution is 5.95. The number of rotatable bonds is 6. The Labute approximate surface area is 178 Å². The van der Waals surface area contributed by atoms with Gasteiger partial charge in [-0.2, -0.15) is 0 Å². The molecule has 1 aromatic carbocycles. The van der Waals surface area contributed by atoms with Gasteiger partial charge in [0, 0.05) is 23.8 Å². The van der Waals surface area contributed by atoms with Gasteiger partial charge in [0.25, 0.3) is 0 Å². The molecule has 0 saturated heterocycles. The number of nitrogens with zero attached hydrogens (tertiary/aromatic N) is 1. The second-order valence-corrected chi connectivity index (χ2v) is 8.58. The van der Waals surface area contributed by atoms with Gasteiger partial charge in [0.2, 0.25) is 0 Å². The van der Waals surface area contributed by atoms with Gasteiger partial charge < -0.3 is 14.2 Å². The maximum Gasteiger partial charge on any atom is 0.418 e. The maximum absolute atomic E-state index is 13.3. The van der Waals surface area contributed by atoms with Gasteiger partial charge in [0.05, 0.1) is 12.6 Å². The van der Waals surface area contributed by atoms with Gasteiger partial charge in [-0.05, 0) is 43.6 Å². The minimum Gasteiger partial charge on any atom is -0.460 e. The summed E-state index contributed by atoms with van der Waals surface area (Å²) in [4.78, 5) is 25.5. The monoisotopic (exact) mass is 415 g/mol. The van der Waals surface area contributed by atoms with Crippen LogP contribution in [0.15, 0.2) is 30.5 Å². The second kappa shape index (κ2) is 9.65. The van der Waals surface area contributed by atoms with Crippen LogP contribution in [0.4, 0.5) is 4.79 Å². The van der Waals surface area contributed by atoms with Gasteiger partial charge in [0.1, 0.15) is 6.10 Å². The topological polar surface area (TPSA) is 66.8 Å². The molecule has 6 heteroatoms. The summed E-state index contributed by atoms with van der Waals surface area (Å²) in [6, 6.07) is 7.42. The van der Waals surface area contributed by atoms with Crippen LogP contribution < -0.4 is 0 Å². The van der Waals surface area contributed by atoms with E-state index in [1.165, 1.54) is 18.1 Å². The third-order valence-corrected chi connectivity index (χ3v) is 6.17. The lowest BCUT2D eigenvalue weighted by atomic mass is 9.75. The molecule has 30 heavy (non-hydrogen) atoms. The van der Waals surface area contributed by atoms with Gasteiger partial charge >= 0.3 is 12.1 Å². The minimum absolute atomic E-state index is 0.113. The van der Waals surface area contributed by atoms with Crippen LogP contribution in [0.25, 0.3) is 10.9 Å². The number of benzene rings is 1. The van der Waals surface area contributed by atoms with Crippen molar-refractivity contribution < 1.29 is 23.8 Å². The fourth-order valence-corrected chi connectivity index (χ4v) is 4.58. The molecule has 1 heterocycles. The number of aromatic nitrogens is 1. The number of hydrogen-bond donors (Lipinski definition) is 0. The van der Waals surface area contributed by atoms with Gasteiger partial charge in [-0.1, -0.05) is 45.4 Å². The Morgan fingerprint density at radius 1 is 1.20 bits per heavy atom. The van der Waals surface area contributed by atoms with Crippen LogP contribution in [-0.4, -0.2) is 36.5 Å². The van der Waals surface area contributed by atoms with Crippen LogP contribution in [-0.2, 0) is 19.0 Å². The Morgan fingerprint density at radius 2 is 1.93 bits per heavy atom. The molecule has 6 nitrogen and oxygen atoms in total. The number of methoxy groups -OCH3 is 1. The van der Waals surface area contributed by atoms with E-state index in [2.05, 4.69) is 20.8 Å². The molecule has 1 fully saturated rings. The van der Waals surface area contributed by atoms with Crippen molar-refractivity contribution in [2.24, 2.45) is 17.8 Å². The number of fused-ring (bicyclic) bond motifs is 1. The Bertz CT molecular complexity index is 887. The Balaban J connectivity index is 1.94. The highest BCUT2D eigenvalue weighted by Gasteiger charge is 2.36. The number of para-hydroxylation sites is 1. The van der Waals surface area contributed by atoms with Crippen LogP contribution in [0, 0.1) is 17.8 Å². The molecule has 0 aliphatic heterocycles. The van der Waals surface area contributed by atoms with Crippen molar-refractivity contribution in [1.29, 1.82) is 0 Å². The Morgan fingerprint density at radius 3 is 2.60 bits per heavy atom. The summed E-state index contributed by atoms with van der Waals surface area (Å²) in [6.07, 6.45) is 3.21. The molecule has 1 saturated carbocycles. The number of esters is 1. The summed E-state index contributed by atoms with van der Waals surface area (Å²) in [7, 11) is 1.33. The summed E-state index contributed by atoms with van der Waals surface area (Å²) in [5.41, 5.74) is 1.29. The predicted octanol–water partition coefficient (Wildman–Crippen LogP) is 5.34. The van der Waals surface area contributed by atoms with Gasteiger partial charge in [0.15, 0.2) is 6.10 Å². The third-order valence-electron chi connectivity index (χ3n) is 6.17. The largest absolute Gasteiger partial charge is 0.460 e. The van der Waals surface area contributed by atoms with Crippen LogP contribution in [0.5, 0.6) is 0 Å². The Hall–Kier alpha value is -2.34. The van der Waals surface area contributed by atoms with E-state index >= 15 is 0 Å². The van der Waals surface area contributed by atoms with Crippen molar-refractivity contribution in [2.45, 2.75) is 59.2 Å². The van der Waals surface area contributed by atoms with E-state index in [-0.39, 0.29) is 6.10 Å². The maximum atomic E-state index is 13.3. The standard InChI is InChI=1S/C24H33NO5/c1-6-29-22(23(26)30-21-13-16(4)11-12-17(21)15(2)3)19-14-25(24(27)28-5)20-10-8-7-9-18(19)20/h7-10,14-17,21-22H,6,11-13H2,1-5H3/t16-,17+,21-,22-/m1/s1. The predicted molar refractivity (Wildman–Crippen MR) is 115 cm³/mol.